The highest BCUT2D eigenvalue weighted by Gasteiger charge is 2.22. The van der Waals surface area contributed by atoms with Crippen LogP contribution in [0.15, 0.2) is 34.8 Å². The molecule has 0 aliphatic heterocycles. The number of benzene rings is 1. The highest BCUT2D eigenvalue weighted by Crippen LogP contribution is 2.37. The molecule has 0 amide bonds. The SMILES string of the molecule is CNC(c1ccc(C(C)(C)C)s1)c1ccc(Br)cc1OC. The minimum atomic E-state index is 0.147. The van der Waals surface area contributed by atoms with Gasteiger partial charge in [0, 0.05) is 19.8 Å². The van der Waals surface area contributed by atoms with Gasteiger partial charge in [0.25, 0.3) is 0 Å². The molecule has 2 nitrogen and oxygen atoms in total. The molecule has 1 aromatic carbocycles. The quantitative estimate of drug-likeness (QED) is 0.808. The van der Waals surface area contributed by atoms with Gasteiger partial charge in [0.1, 0.15) is 5.75 Å². The molecule has 21 heavy (non-hydrogen) atoms. The Morgan fingerprint density at radius 3 is 2.43 bits per heavy atom. The molecule has 1 N–H and O–H groups in total. The maximum absolute atomic E-state index is 5.54. The highest BCUT2D eigenvalue weighted by atomic mass is 79.9. The summed E-state index contributed by atoms with van der Waals surface area (Å²) in [4.78, 5) is 2.71. The number of rotatable bonds is 4. The summed E-state index contributed by atoms with van der Waals surface area (Å²) in [6.07, 6.45) is 0. The topological polar surface area (TPSA) is 21.3 Å². The lowest BCUT2D eigenvalue weighted by Gasteiger charge is -2.19. The van der Waals surface area contributed by atoms with Gasteiger partial charge in [-0.1, -0.05) is 42.8 Å². The Labute approximate surface area is 139 Å². The Bertz CT molecular complexity index is 615. The first kappa shape index (κ1) is 16.5. The molecule has 1 unspecified atom stereocenters. The summed E-state index contributed by atoms with van der Waals surface area (Å²) in [7, 11) is 3.70. The van der Waals surface area contributed by atoms with E-state index in [-0.39, 0.29) is 11.5 Å². The second kappa shape index (κ2) is 6.51. The minimum Gasteiger partial charge on any atom is -0.496 e. The fraction of sp³-hybridized carbons (Fsp3) is 0.412. The first-order chi connectivity index (χ1) is 9.86. The molecule has 0 fully saturated rings. The zero-order chi connectivity index (χ0) is 15.6. The van der Waals surface area contributed by atoms with Crippen molar-refractivity contribution in [1.82, 2.24) is 5.32 Å². The van der Waals surface area contributed by atoms with Gasteiger partial charge < -0.3 is 10.1 Å². The minimum absolute atomic E-state index is 0.147. The molecule has 0 saturated heterocycles. The van der Waals surface area contributed by atoms with Crippen LogP contribution in [-0.2, 0) is 5.41 Å². The Hall–Kier alpha value is -0.840. The van der Waals surface area contributed by atoms with Crippen molar-refractivity contribution in [1.29, 1.82) is 0 Å². The Morgan fingerprint density at radius 1 is 1.19 bits per heavy atom. The van der Waals surface area contributed by atoms with Crippen LogP contribution in [0.1, 0.15) is 42.1 Å². The van der Waals surface area contributed by atoms with Crippen LogP contribution in [0.3, 0.4) is 0 Å². The van der Waals surface area contributed by atoms with E-state index in [2.05, 4.69) is 66.3 Å². The van der Waals surface area contributed by atoms with Crippen molar-refractivity contribution in [3.63, 3.8) is 0 Å². The van der Waals surface area contributed by atoms with Gasteiger partial charge in [0.2, 0.25) is 0 Å². The summed E-state index contributed by atoms with van der Waals surface area (Å²) in [5, 5.41) is 3.41. The average molecular weight is 368 g/mol. The van der Waals surface area contributed by atoms with Gasteiger partial charge in [-0.15, -0.1) is 11.3 Å². The molecule has 114 valence electrons. The summed E-state index contributed by atoms with van der Waals surface area (Å²) < 4.78 is 6.57. The summed E-state index contributed by atoms with van der Waals surface area (Å²) in [6, 6.07) is 10.8. The smallest absolute Gasteiger partial charge is 0.125 e. The maximum Gasteiger partial charge on any atom is 0.125 e. The van der Waals surface area contributed by atoms with E-state index >= 15 is 0 Å². The van der Waals surface area contributed by atoms with Gasteiger partial charge in [0.05, 0.1) is 13.2 Å². The molecule has 0 aliphatic carbocycles. The van der Waals surface area contributed by atoms with Crippen LogP contribution in [0.2, 0.25) is 0 Å². The molecule has 0 saturated carbocycles. The summed E-state index contributed by atoms with van der Waals surface area (Å²) in [5.74, 6) is 0.898. The summed E-state index contributed by atoms with van der Waals surface area (Å²) in [5.41, 5.74) is 1.34. The molecule has 1 aromatic heterocycles. The monoisotopic (exact) mass is 367 g/mol. The van der Waals surface area contributed by atoms with Gasteiger partial charge in [-0.3, -0.25) is 0 Å². The normalized spacial score (nSPS) is 13.2. The number of hydrogen-bond donors (Lipinski definition) is 1. The average Bonchev–Trinajstić information content (AvgIpc) is 2.90. The Morgan fingerprint density at radius 2 is 1.90 bits per heavy atom. The predicted molar refractivity (Wildman–Crippen MR) is 94.6 cm³/mol. The van der Waals surface area contributed by atoms with Crippen molar-refractivity contribution >= 4 is 27.3 Å². The van der Waals surface area contributed by atoms with Crippen molar-refractivity contribution in [3.05, 3.63) is 50.1 Å². The molecule has 4 heteroatoms. The van der Waals surface area contributed by atoms with Crippen LogP contribution in [0.4, 0.5) is 0 Å². The molecule has 2 aromatic rings. The van der Waals surface area contributed by atoms with Crippen LogP contribution in [0.25, 0.3) is 0 Å². The number of nitrogens with one attached hydrogen (secondary N) is 1. The number of methoxy groups -OCH3 is 1. The zero-order valence-electron chi connectivity index (χ0n) is 13.2. The third-order valence-electron chi connectivity index (χ3n) is 3.45. The van der Waals surface area contributed by atoms with E-state index in [1.165, 1.54) is 9.75 Å². The van der Waals surface area contributed by atoms with E-state index < -0.39 is 0 Å². The summed E-state index contributed by atoms with van der Waals surface area (Å²) >= 11 is 5.36. The third kappa shape index (κ3) is 3.68. The highest BCUT2D eigenvalue weighted by molar-refractivity contribution is 9.10. The first-order valence-corrected chi connectivity index (χ1v) is 8.58. The van der Waals surface area contributed by atoms with Gasteiger partial charge in [-0.05, 0) is 36.7 Å². The van der Waals surface area contributed by atoms with E-state index in [1.54, 1.807) is 7.11 Å². The molecule has 0 spiro atoms. The van der Waals surface area contributed by atoms with Crippen molar-refractivity contribution in [2.45, 2.75) is 32.2 Å². The number of thiophene rings is 1. The van der Waals surface area contributed by atoms with Gasteiger partial charge in [-0.25, -0.2) is 0 Å². The van der Waals surface area contributed by atoms with Crippen LogP contribution < -0.4 is 10.1 Å². The van der Waals surface area contributed by atoms with E-state index in [0.29, 0.717) is 0 Å². The third-order valence-corrected chi connectivity index (χ3v) is 5.51. The molecular weight excluding hydrogens is 346 g/mol. The van der Waals surface area contributed by atoms with Crippen molar-refractivity contribution < 1.29 is 4.74 Å². The van der Waals surface area contributed by atoms with E-state index in [0.717, 1.165) is 15.8 Å². The standard InChI is InChI=1S/C17H22BrNOS/c1-17(2,3)15-9-8-14(21-15)16(19-4)12-7-6-11(18)10-13(12)20-5/h6-10,16,19H,1-5H3. The van der Waals surface area contributed by atoms with Crippen LogP contribution >= 0.6 is 27.3 Å². The maximum atomic E-state index is 5.54. The molecule has 0 aliphatic rings. The Balaban J connectivity index is 2.42. The van der Waals surface area contributed by atoms with Gasteiger partial charge in [0.15, 0.2) is 0 Å². The second-order valence-corrected chi connectivity index (χ2v) is 8.09. The fourth-order valence-electron chi connectivity index (χ4n) is 2.29. The second-order valence-electron chi connectivity index (χ2n) is 6.06. The van der Waals surface area contributed by atoms with E-state index in [4.69, 9.17) is 4.74 Å². The van der Waals surface area contributed by atoms with Crippen LogP contribution in [-0.4, -0.2) is 14.2 Å². The van der Waals surface area contributed by atoms with Gasteiger partial charge in [-0.2, -0.15) is 0 Å². The van der Waals surface area contributed by atoms with Crippen molar-refractivity contribution in [2.24, 2.45) is 0 Å². The fourth-order valence-corrected chi connectivity index (χ4v) is 3.82. The molecule has 1 atom stereocenters. The molecule has 0 radical (unpaired) electrons. The molecule has 1 heterocycles. The zero-order valence-corrected chi connectivity index (χ0v) is 15.6. The van der Waals surface area contributed by atoms with E-state index in [9.17, 15) is 0 Å². The largest absolute Gasteiger partial charge is 0.496 e. The number of halogens is 1. The van der Waals surface area contributed by atoms with Crippen LogP contribution in [0.5, 0.6) is 5.75 Å². The van der Waals surface area contributed by atoms with Crippen molar-refractivity contribution in [2.75, 3.05) is 14.2 Å². The number of hydrogen-bond acceptors (Lipinski definition) is 3. The lowest BCUT2D eigenvalue weighted by atomic mass is 9.95. The number of ether oxygens (including phenoxy) is 1. The molecule has 2 rings (SSSR count). The van der Waals surface area contributed by atoms with E-state index in [1.807, 2.05) is 24.5 Å². The first-order valence-electron chi connectivity index (χ1n) is 6.97. The summed E-state index contributed by atoms with van der Waals surface area (Å²) in [6.45, 7) is 6.74. The van der Waals surface area contributed by atoms with Crippen molar-refractivity contribution in [3.8, 4) is 5.75 Å². The Kier molecular flexibility index (Phi) is 5.12. The lowest BCUT2D eigenvalue weighted by Crippen LogP contribution is -2.17. The van der Waals surface area contributed by atoms with Gasteiger partial charge >= 0.3 is 0 Å². The molecule has 0 bridgehead atoms. The molecular formula is C17H22BrNOS. The lowest BCUT2D eigenvalue weighted by molar-refractivity contribution is 0.405. The predicted octanol–water partition coefficient (Wildman–Crippen LogP) is 5.13. The van der Waals surface area contributed by atoms with Crippen LogP contribution in [0, 0.1) is 0 Å².